The van der Waals surface area contributed by atoms with Crippen LogP contribution in [0.25, 0.3) is 22.3 Å². The van der Waals surface area contributed by atoms with E-state index >= 15 is 0 Å². The second-order valence-electron chi connectivity index (χ2n) is 4.03. The Labute approximate surface area is 102 Å². The number of fused-ring (bicyclic) bond motifs is 1. The van der Waals surface area contributed by atoms with E-state index in [1.807, 2.05) is 29.8 Å². The third-order valence-electron chi connectivity index (χ3n) is 2.83. The molecule has 6 nitrogen and oxygen atoms in total. The van der Waals surface area contributed by atoms with Gasteiger partial charge in [-0.2, -0.15) is 5.10 Å². The largest absolute Gasteiger partial charge is 0.477 e. The lowest BCUT2D eigenvalue weighted by atomic mass is 10.1. The zero-order chi connectivity index (χ0) is 12.7. The third kappa shape index (κ3) is 1.55. The van der Waals surface area contributed by atoms with E-state index in [0.29, 0.717) is 5.69 Å². The van der Waals surface area contributed by atoms with Crippen molar-refractivity contribution in [3.63, 3.8) is 0 Å². The molecule has 2 N–H and O–H groups in total. The normalized spacial score (nSPS) is 10.9. The summed E-state index contributed by atoms with van der Waals surface area (Å²) >= 11 is 0. The summed E-state index contributed by atoms with van der Waals surface area (Å²) in [6, 6.07) is 7.22. The first-order valence-corrected chi connectivity index (χ1v) is 5.35. The molecule has 3 rings (SSSR count). The minimum Gasteiger partial charge on any atom is -0.477 e. The van der Waals surface area contributed by atoms with Crippen molar-refractivity contribution in [2.75, 3.05) is 0 Å². The Morgan fingerprint density at radius 1 is 1.39 bits per heavy atom. The second kappa shape index (κ2) is 3.69. The van der Waals surface area contributed by atoms with Crippen LogP contribution in [0.1, 0.15) is 10.5 Å². The number of aryl methyl sites for hydroxylation is 1. The van der Waals surface area contributed by atoms with Gasteiger partial charge in [0.15, 0.2) is 0 Å². The predicted molar refractivity (Wildman–Crippen MR) is 65.3 cm³/mol. The van der Waals surface area contributed by atoms with Crippen molar-refractivity contribution < 1.29 is 9.90 Å². The first kappa shape index (κ1) is 10.5. The number of carbonyl (C=O) groups is 1. The molecule has 0 spiro atoms. The smallest absolute Gasteiger partial charge is 0.353 e. The minimum atomic E-state index is -1.02. The molecule has 90 valence electrons. The summed E-state index contributed by atoms with van der Waals surface area (Å²) in [4.78, 5) is 15.0. The summed E-state index contributed by atoms with van der Waals surface area (Å²) in [6.45, 7) is 0. The molecule has 0 fully saturated rings. The van der Waals surface area contributed by atoms with Gasteiger partial charge >= 0.3 is 5.97 Å². The number of carboxylic acid groups (broad SMARTS) is 1. The van der Waals surface area contributed by atoms with Gasteiger partial charge in [0.1, 0.15) is 5.69 Å². The highest BCUT2D eigenvalue weighted by Gasteiger charge is 2.10. The van der Waals surface area contributed by atoms with Gasteiger partial charge in [0.05, 0.1) is 23.1 Å². The first-order chi connectivity index (χ1) is 8.65. The highest BCUT2D eigenvalue weighted by molar-refractivity contribution is 5.88. The lowest BCUT2D eigenvalue weighted by Crippen LogP contribution is -1.95. The predicted octanol–water partition coefficient (Wildman–Crippen LogP) is 1.66. The molecule has 0 radical (unpaired) electrons. The van der Waals surface area contributed by atoms with Crippen molar-refractivity contribution >= 4 is 17.0 Å². The average Bonchev–Trinajstić information content (AvgIpc) is 2.96. The fourth-order valence-corrected chi connectivity index (χ4v) is 1.87. The summed E-state index contributed by atoms with van der Waals surface area (Å²) < 4.78 is 1.92. The molecule has 0 aliphatic carbocycles. The summed E-state index contributed by atoms with van der Waals surface area (Å²) in [5.41, 5.74) is 3.39. The Morgan fingerprint density at radius 2 is 2.22 bits per heavy atom. The van der Waals surface area contributed by atoms with Crippen molar-refractivity contribution in [1.82, 2.24) is 19.7 Å². The molecular formula is C12H10N4O2. The van der Waals surface area contributed by atoms with E-state index in [-0.39, 0.29) is 5.69 Å². The van der Waals surface area contributed by atoms with Crippen LogP contribution < -0.4 is 0 Å². The standard InChI is InChI=1S/C12H10N4O2/c1-16-6-13-9-4-7(2-3-11(9)16)8-5-10(12(17)18)15-14-8/h2-6H,1H3,(H,14,15)(H,17,18). The maximum Gasteiger partial charge on any atom is 0.353 e. The molecule has 18 heavy (non-hydrogen) atoms. The van der Waals surface area contributed by atoms with Crippen LogP contribution in [0.15, 0.2) is 30.6 Å². The number of aromatic amines is 1. The summed E-state index contributed by atoms with van der Waals surface area (Å²) in [5.74, 6) is -1.02. The summed E-state index contributed by atoms with van der Waals surface area (Å²) in [6.07, 6.45) is 1.74. The number of hydrogen-bond acceptors (Lipinski definition) is 3. The van der Waals surface area contributed by atoms with Crippen molar-refractivity contribution in [2.24, 2.45) is 7.05 Å². The third-order valence-corrected chi connectivity index (χ3v) is 2.83. The number of nitrogens with zero attached hydrogens (tertiary/aromatic N) is 3. The molecule has 0 aliphatic heterocycles. The van der Waals surface area contributed by atoms with E-state index in [1.165, 1.54) is 6.07 Å². The summed E-state index contributed by atoms with van der Waals surface area (Å²) in [5, 5.41) is 15.3. The number of carboxylic acids is 1. The van der Waals surface area contributed by atoms with Crippen LogP contribution in [0.2, 0.25) is 0 Å². The number of rotatable bonds is 2. The van der Waals surface area contributed by atoms with Gasteiger partial charge in [-0.05, 0) is 18.2 Å². The number of benzene rings is 1. The van der Waals surface area contributed by atoms with Gasteiger partial charge < -0.3 is 9.67 Å². The van der Waals surface area contributed by atoms with Crippen LogP contribution in [0.5, 0.6) is 0 Å². The second-order valence-corrected chi connectivity index (χ2v) is 4.03. The molecule has 1 aromatic carbocycles. The number of nitrogens with one attached hydrogen (secondary N) is 1. The van der Waals surface area contributed by atoms with E-state index in [0.717, 1.165) is 16.6 Å². The quantitative estimate of drug-likeness (QED) is 0.715. The molecule has 2 heterocycles. The van der Waals surface area contributed by atoms with Crippen LogP contribution in [0.3, 0.4) is 0 Å². The Bertz CT molecular complexity index is 741. The monoisotopic (exact) mass is 242 g/mol. The topological polar surface area (TPSA) is 83.8 Å². The molecule has 3 aromatic rings. The average molecular weight is 242 g/mol. The van der Waals surface area contributed by atoms with Gasteiger partial charge in [-0.25, -0.2) is 9.78 Å². The zero-order valence-corrected chi connectivity index (χ0v) is 9.58. The molecule has 0 aliphatic rings. The molecule has 0 amide bonds. The molecule has 0 saturated carbocycles. The first-order valence-electron chi connectivity index (χ1n) is 5.35. The lowest BCUT2D eigenvalue weighted by molar-refractivity contribution is 0.0690. The van der Waals surface area contributed by atoms with Gasteiger partial charge in [-0.3, -0.25) is 5.10 Å². The SMILES string of the molecule is Cn1cnc2cc(-c3cc(C(=O)O)[nH]n3)ccc21. The molecule has 6 heteroatoms. The Hall–Kier alpha value is -2.63. The Morgan fingerprint density at radius 3 is 2.94 bits per heavy atom. The van der Waals surface area contributed by atoms with E-state index < -0.39 is 5.97 Å². The van der Waals surface area contributed by atoms with E-state index in [4.69, 9.17) is 5.11 Å². The molecular weight excluding hydrogens is 232 g/mol. The molecule has 2 aromatic heterocycles. The minimum absolute atomic E-state index is 0.0751. The Kier molecular flexibility index (Phi) is 2.16. The van der Waals surface area contributed by atoms with Crippen molar-refractivity contribution in [3.05, 3.63) is 36.3 Å². The number of imidazole rings is 1. The number of aromatic carboxylic acids is 1. The highest BCUT2D eigenvalue weighted by Crippen LogP contribution is 2.22. The van der Waals surface area contributed by atoms with Crippen LogP contribution >= 0.6 is 0 Å². The number of H-pyrrole nitrogens is 1. The van der Waals surface area contributed by atoms with Crippen LogP contribution in [0, 0.1) is 0 Å². The van der Waals surface area contributed by atoms with Crippen LogP contribution in [-0.4, -0.2) is 30.8 Å². The molecule has 0 unspecified atom stereocenters. The van der Waals surface area contributed by atoms with Gasteiger partial charge in [0.2, 0.25) is 0 Å². The van der Waals surface area contributed by atoms with Crippen molar-refractivity contribution in [2.45, 2.75) is 0 Å². The fraction of sp³-hybridized carbons (Fsp3) is 0.0833. The Balaban J connectivity index is 2.10. The van der Waals surface area contributed by atoms with Gasteiger partial charge in [0, 0.05) is 12.6 Å². The van der Waals surface area contributed by atoms with E-state index in [2.05, 4.69) is 15.2 Å². The van der Waals surface area contributed by atoms with E-state index in [9.17, 15) is 4.79 Å². The maximum absolute atomic E-state index is 10.8. The van der Waals surface area contributed by atoms with Crippen LogP contribution in [0.4, 0.5) is 0 Å². The molecule has 0 atom stereocenters. The van der Waals surface area contributed by atoms with E-state index in [1.54, 1.807) is 6.33 Å². The zero-order valence-electron chi connectivity index (χ0n) is 9.58. The van der Waals surface area contributed by atoms with Crippen LogP contribution in [-0.2, 0) is 7.05 Å². The van der Waals surface area contributed by atoms with Gasteiger partial charge in [0.25, 0.3) is 0 Å². The van der Waals surface area contributed by atoms with Crippen molar-refractivity contribution in [1.29, 1.82) is 0 Å². The van der Waals surface area contributed by atoms with Gasteiger partial charge in [-0.1, -0.05) is 6.07 Å². The summed E-state index contributed by atoms with van der Waals surface area (Å²) in [7, 11) is 1.92. The number of hydrogen-bond donors (Lipinski definition) is 2. The maximum atomic E-state index is 10.8. The molecule has 0 saturated heterocycles. The highest BCUT2D eigenvalue weighted by atomic mass is 16.4. The van der Waals surface area contributed by atoms with Crippen molar-refractivity contribution in [3.8, 4) is 11.3 Å². The molecule has 0 bridgehead atoms. The number of aromatic nitrogens is 4. The lowest BCUT2D eigenvalue weighted by Gasteiger charge is -1.97. The fourth-order valence-electron chi connectivity index (χ4n) is 1.87. The van der Waals surface area contributed by atoms with Gasteiger partial charge in [-0.15, -0.1) is 0 Å².